The van der Waals surface area contributed by atoms with E-state index in [0.29, 0.717) is 12.1 Å². The summed E-state index contributed by atoms with van der Waals surface area (Å²) in [7, 11) is 0. The number of nitrogens with zero attached hydrogens (tertiary/aromatic N) is 1. The van der Waals surface area contributed by atoms with Gasteiger partial charge in [0.1, 0.15) is 6.04 Å². The van der Waals surface area contributed by atoms with Crippen molar-refractivity contribution < 1.29 is 22.8 Å². The second kappa shape index (κ2) is 5.84. The highest BCUT2D eigenvalue weighted by molar-refractivity contribution is 5.89. The highest BCUT2D eigenvalue weighted by atomic mass is 19.4. The van der Waals surface area contributed by atoms with E-state index in [0.717, 1.165) is 6.07 Å². The van der Waals surface area contributed by atoms with Crippen molar-refractivity contribution in [3.63, 3.8) is 0 Å². The number of alkyl halides is 3. The third-order valence-electron chi connectivity index (χ3n) is 4.15. The molecule has 0 aromatic heterocycles. The smallest absolute Gasteiger partial charge is 0.342 e. The topological polar surface area (TPSA) is 61.4 Å². The minimum atomic E-state index is -4.39. The lowest BCUT2D eigenvalue weighted by atomic mass is 9.93. The normalized spacial score (nSPS) is 21.6. The highest BCUT2D eigenvalue weighted by Gasteiger charge is 2.37. The van der Waals surface area contributed by atoms with Gasteiger partial charge in [0.25, 0.3) is 0 Å². The summed E-state index contributed by atoms with van der Waals surface area (Å²) in [4.78, 5) is 25.3. The van der Waals surface area contributed by atoms with E-state index in [1.165, 1.54) is 11.0 Å². The third kappa shape index (κ3) is 3.17. The lowest BCUT2D eigenvalue weighted by molar-refractivity contribution is -0.139. The van der Waals surface area contributed by atoms with Crippen molar-refractivity contribution in [3.05, 3.63) is 34.9 Å². The van der Waals surface area contributed by atoms with Crippen LogP contribution >= 0.6 is 0 Å². The molecule has 0 unspecified atom stereocenters. The zero-order valence-electron chi connectivity index (χ0n) is 12.2. The van der Waals surface area contributed by atoms with E-state index in [1.807, 2.05) is 0 Å². The van der Waals surface area contributed by atoms with Crippen LogP contribution in [-0.2, 0) is 28.7 Å². The molecule has 1 aromatic rings. The Labute approximate surface area is 130 Å². The second-order valence-corrected chi connectivity index (χ2v) is 5.70. The summed E-state index contributed by atoms with van der Waals surface area (Å²) < 4.78 is 39.1. The number of hydrogen-bond donors (Lipinski definition) is 2. The number of benzene rings is 1. The minimum Gasteiger partial charge on any atom is -0.342 e. The predicted octanol–water partition coefficient (Wildman–Crippen LogP) is 0.678. The molecule has 1 fully saturated rings. The standard InChI is InChI=1S/C15H16F3N3O2/c16-15(17,18)11-3-1-2-9-8-21(5-4-10(9)11)14(23)12-6-19-7-13(22)20-12/h1-3,12,19H,4-8H2,(H,20,22)/t12-/m1/s1. The molecular formula is C15H16F3N3O2. The van der Waals surface area contributed by atoms with Crippen LogP contribution in [0.25, 0.3) is 0 Å². The number of rotatable bonds is 1. The fourth-order valence-corrected chi connectivity index (χ4v) is 3.06. The minimum absolute atomic E-state index is 0.129. The molecule has 3 rings (SSSR count). The van der Waals surface area contributed by atoms with E-state index in [2.05, 4.69) is 10.6 Å². The molecule has 0 spiro atoms. The van der Waals surface area contributed by atoms with E-state index >= 15 is 0 Å². The van der Waals surface area contributed by atoms with Crippen LogP contribution in [0.3, 0.4) is 0 Å². The van der Waals surface area contributed by atoms with Crippen LogP contribution < -0.4 is 10.6 Å². The van der Waals surface area contributed by atoms with E-state index in [4.69, 9.17) is 0 Å². The first-order valence-corrected chi connectivity index (χ1v) is 7.33. The first kappa shape index (κ1) is 15.8. The Balaban J connectivity index is 1.78. The fourth-order valence-electron chi connectivity index (χ4n) is 3.06. The van der Waals surface area contributed by atoms with Gasteiger partial charge in [-0.15, -0.1) is 0 Å². The maximum atomic E-state index is 13.0. The van der Waals surface area contributed by atoms with E-state index < -0.39 is 17.8 Å². The van der Waals surface area contributed by atoms with Gasteiger partial charge in [-0.25, -0.2) is 0 Å². The van der Waals surface area contributed by atoms with Gasteiger partial charge in [0, 0.05) is 19.6 Å². The molecule has 23 heavy (non-hydrogen) atoms. The molecular weight excluding hydrogens is 311 g/mol. The predicted molar refractivity (Wildman–Crippen MR) is 75.4 cm³/mol. The molecule has 0 radical (unpaired) electrons. The van der Waals surface area contributed by atoms with Gasteiger partial charge >= 0.3 is 6.18 Å². The third-order valence-corrected chi connectivity index (χ3v) is 4.15. The Morgan fingerprint density at radius 2 is 2.09 bits per heavy atom. The molecule has 8 heteroatoms. The van der Waals surface area contributed by atoms with Gasteiger partial charge in [-0.1, -0.05) is 12.1 Å². The Morgan fingerprint density at radius 3 is 2.78 bits per heavy atom. The maximum absolute atomic E-state index is 13.0. The van der Waals surface area contributed by atoms with Crippen molar-refractivity contribution in [3.8, 4) is 0 Å². The zero-order valence-corrected chi connectivity index (χ0v) is 12.2. The lowest BCUT2D eigenvalue weighted by Crippen LogP contribution is -2.59. The van der Waals surface area contributed by atoms with Gasteiger partial charge in [0.2, 0.25) is 11.8 Å². The van der Waals surface area contributed by atoms with Crippen molar-refractivity contribution in [2.24, 2.45) is 0 Å². The summed E-state index contributed by atoms with van der Waals surface area (Å²) in [5.74, 6) is -0.528. The number of carbonyl (C=O) groups is 2. The highest BCUT2D eigenvalue weighted by Crippen LogP contribution is 2.35. The average molecular weight is 327 g/mol. The molecule has 0 saturated carbocycles. The Bertz CT molecular complexity index is 645. The first-order chi connectivity index (χ1) is 10.9. The SMILES string of the molecule is O=C1CNC[C@H](C(=O)N2CCc3c(cccc3C(F)(F)F)C2)N1. The number of halogens is 3. The summed E-state index contributed by atoms with van der Waals surface area (Å²) in [5.41, 5.74) is 0.138. The van der Waals surface area contributed by atoms with Crippen LogP contribution in [0.15, 0.2) is 18.2 Å². The molecule has 1 atom stereocenters. The van der Waals surface area contributed by atoms with Crippen molar-refractivity contribution in [1.82, 2.24) is 15.5 Å². The number of carbonyl (C=O) groups excluding carboxylic acids is 2. The molecule has 2 aliphatic rings. The zero-order chi connectivity index (χ0) is 16.6. The number of piperazine rings is 1. The molecule has 5 nitrogen and oxygen atoms in total. The molecule has 1 aromatic carbocycles. The van der Waals surface area contributed by atoms with Crippen molar-refractivity contribution in [1.29, 1.82) is 0 Å². The van der Waals surface area contributed by atoms with Gasteiger partial charge in [-0.3, -0.25) is 9.59 Å². The van der Waals surface area contributed by atoms with Crippen molar-refractivity contribution in [2.45, 2.75) is 25.2 Å². The van der Waals surface area contributed by atoms with Gasteiger partial charge in [0.05, 0.1) is 12.1 Å². The second-order valence-electron chi connectivity index (χ2n) is 5.70. The monoisotopic (exact) mass is 327 g/mol. The Morgan fingerprint density at radius 1 is 1.30 bits per heavy atom. The van der Waals surface area contributed by atoms with Gasteiger partial charge in [0.15, 0.2) is 0 Å². The van der Waals surface area contributed by atoms with Crippen LogP contribution in [0.5, 0.6) is 0 Å². The Kier molecular flexibility index (Phi) is 4.01. The van der Waals surface area contributed by atoms with Crippen LogP contribution in [0.2, 0.25) is 0 Å². The van der Waals surface area contributed by atoms with Crippen LogP contribution in [0.1, 0.15) is 16.7 Å². The van der Waals surface area contributed by atoms with E-state index in [-0.39, 0.29) is 43.4 Å². The summed E-state index contributed by atoms with van der Waals surface area (Å²) in [6, 6.07) is 3.38. The Hall–Kier alpha value is -2.09. The molecule has 2 N–H and O–H groups in total. The molecule has 124 valence electrons. The van der Waals surface area contributed by atoms with Crippen molar-refractivity contribution in [2.75, 3.05) is 19.6 Å². The fraction of sp³-hybridized carbons (Fsp3) is 0.467. The molecule has 2 aliphatic heterocycles. The molecule has 0 bridgehead atoms. The largest absolute Gasteiger partial charge is 0.416 e. The molecule has 2 amide bonds. The molecule has 2 heterocycles. The van der Waals surface area contributed by atoms with Crippen LogP contribution in [-0.4, -0.2) is 42.4 Å². The summed E-state index contributed by atoms with van der Waals surface area (Å²) in [6.45, 7) is 0.841. The van der Waals surface area contributed by atoms with E-state index in [9.17, 15) is 22.8 Å². The van der Waals surface area contributed by atoms with Crippen molar-refractivity contribution >= 4 is 11.8 Å². The molecule has 1 saturated heterocycles. The summed E-state index contributed by atoms with van der Waals surface area (Å²) in [6.07, 6.45) is -4.23. The number of amides is 2. The van der Waals surface area contributed by atoms with Crippen LogP contribution in [0, 0.1) is 0 Å². The molecule has 0 aliphatic carbocycles. The number of nitrogens with one attached hydrogen (secondary N) is 2. The first-order valence-electron chi connectivity index (χ1n) is 7.33. The lowest BCUT2D eigenvalue weighted by Gasteiger charge is -2.34. The average Bonchev–Trinajstić information content (AvgIpc) is 2.52. The maximum Gasteiger partial charge on any atom is 0.416 e. The van der Waals surface area contributed by atoms with E-state index in [1.54, 1.807) is 6.07 Å². The van der Waals surface area contributed by atoms with Gasteiger partial charge in [-0.05, 0) is 23.6 Å². The van der Waals surface area contributed by atoms with Crippen LogP contribution in [0.4, 0.5) is 13.2 Å². The number of fused-ring (bicyclic) bond motifs is 1. The number of hydrogen-bond acceptors (Lipinski definition) is 3. The summed E-state index contributed by atoms with van der Waals surface area (Å²) in [5, 5.41) is 5.44. The quantitative estimate of drug-likeness (QED) is 0.797. The summed E-state index contributed by atoms with van der Waals surface area (Å²) >= 11 is 0. The van der Waals surface area contributed by atoms with Gasteiger partial charge in [-0.2, -0.15) is 13.2 Å². The van der Waals surface area contributed by atoms with Gasteiger partial charge < -0.3 is 15.5 Å².